The average molecular weight is 328 g/mol. The van der Waals surface area contributed by atoms with E-state index in [1.807, 2.05) is 37.4 Å². The Hall–Kier alpha value is -2.56. The fraction of sp³-hybridized carbons (Fsp3) is 0.368. The number of aryl methyl sites for hydroxylation is 1. The third kappa shape index (κ3) is 4.98. The van der Waals surface area contributed by atoms with E-state index in [-0.39, 0.29) is 5.91 Å². The minimum atomic E-state index is 0.138. The van der Waals surface area contributed by atoms with Gasteiger partial charge in [-0.1, -0.05) is 6.07 Å². The minimum Gasteiger partial charge on any atom is -0.493 e. The second-order valence-corrected chi connectivity index (χ2v) is 5.61. The van der Waals surface area contributed by atoms with Crippen LogP contribution < -0.4 is 9.47 Å². The summed E-state index contributed by atoms with van der Waals surface area (Å²) in [6.07, 6.45) is 5.53. The molecule has 0 bridgehead atoms. The Morgan fingerprint density at radius 1 is 1.00 bits per heavy atom. The second-order valence-electron chi connectivity index (χ2n) is 5.61. The number of rotatable bonds is 8. The molecular weight excluding hydrogens is 304 g/mol. The van der Waals surface area contributed by atoms with Gasteiger partial charge in [-0.25, -0.2) is 0 Å². The van der Waals surface area contributed by atoms with Gasteiger partial charge in [0.15, 0.2) is 11.5 Å². The normalized spacial score (nSPS) is 10.3. The van der Waals surface area contributed by atoms with E-state index in [0.717, 1.165) is 12.0 Å². The van der Waals surface area contributed by atoms with Crippen LogP contribution in [0, 0.1) is 0 Å². The predicted octanol–water partition coefficient (Wildman–Crippen LogP) is 2.73. The molecule has 0 atom stereocenters. The number of hydrogen-bond donors (Lipinski definition) is 0. The van der Waals surface area contributed by atoms with Crippen molar-refractivity contribution in [2.45, 2.75) is 19.3 Å². The third-order valence-corrected chi connectivity index (χ3v) is 3.99. The maximum Gasteiger partial charge on any atom is 0.222 e. The highest BCUT2D eigenvalue weighted by Gasteiger charge is 2.10. The first-order chi connectivity index (χ1) is 11.6. The van der Waals surface area contributed by atoms with E-state index >= 15 is 0 Å². The summed E-state index contributed by atoms with van der Waals surface area (Å²) >= 11 is 0. The lowest BCUT2D eigenvalue weighted by atomic mass is 10.1. The summed E-state index contributed by atoms with van der Waals surface area (Å²) in [6.45, 7) is 0.703. The zero-order valence-corrected chi connectivity index (χ0v) is 14.5. The molecule has 0 aliphatic rings. The van der Waals surface area contributed by atoms with Crippen molar-refractivity contribution >= 4 is 5.91 Å². The van der Waals surface area contributed by atoms with E-state index in [1.54, 1.807) is 31.5 Å². The van der Waals surface area contributed by atoms with Crippen molar-refractivity contribution in [1.82, 2.24) is 9.88 Å². The van der Waals surface area contributed by atoms with Gasteiger partial charge in [-0.2, -0.15) is 0 Å². The van der Waals surface area contributed by atoms with E-state index in [9.17, 15) is 4.79 Å². The summed E-state index contributed by atoms with van der Waals surface area (Å²) in [7, 11) is 5.07. The van der Waals surface area contributed by atoms with Crippen LogP contribution in [-0.4, -0.2) is 43.6 Å². The van der Waals surface area contributed by atoms with Crippen molar-refractivity contribution in [2.24, 2.45) is 0 Å². The van der Waals surface area contributed by atoms with Crippen LogP contribution in [0.2, 0.25) is 0 Å². The largest absolute Gasteiger partial charge is 0.493 e. The first-order valence-electron chi connectivity index (χ1n) is 7.98. The summed E-state index contributed by atoms with van der Waals surface area (Å²) in [5.74, 6) is 1.52. The summed E-state index contributed by atoms with van der Waals surface area (Å²) < 4.78 is 10.5. The van der Waals surface area contributed by atoms with Gasteiger partial charge >= 0.3 is 0 Å². The van der Waals surface area contributed by atoms with E-state index in [4.69, 9.17) is 9.47 Å². The molecule has 0 N–H and O–H groups in total. The fourth-order valence-corrected chi connectivity index (χ4v) is 2.45. The average Bonchev–Trinajstić information content (AvgIpc) is 2.64. The summed E-state index contributed by atoms with van der Waals surface area (Å²) in [4.78, 5) is 18.0. The first-order valence-corrected chi connectivity index (χ1v) is 7.98. The van der Waals surface area contributed by atoms with Crippen molar-refractivity contribution in [3.8, 4) is 11.5 Å². The van der Waals surface area contributed by atoms with Crippen LogP contribution in [0.15, 0.2) is 42.7 Å². The predicted molar refractivity (Wildman–Crippen MR) is 93.4 cm³/mol. The van der Waals surface area contributed by atoms with Crippen LogP contribution in [0.5, 0.6) is 11.5 Å². The van der Waals surface area contributed by atoms with E-state index < -0.39 is 0 Å². The topological polar surface area (TPSA) is 51.7 Å². The van der Waals surface area contributed by atoms with Gasteiger partial charge in [0, 0.05) is 32.4 Å². The number of hydrogen-bond acceptors (Lipinski definition) is 4. The van der Waals surface area contributed by atoms with Gasteiger partial charge in [-0.15, -0.1) is 0 Å². The Balaban J connectivity index is 1.83. The Morgan fingerprint density at radius 3 is 2.38 bits per heavy atom. The Morgan fingerprint density at radius 2 is 1.71 bits per heavy atom. The zero-order chi connectivity index (χ0) is 17.4. The quantitative estimate of drug-likeness (QED) is 0.748. The van der Waals surface area contributed by atoms with Crippen LogP contribution in [0.25, 0.3) is 0 Å². The van der Waals surface area contributed by atoms with Crippen molar-refractivity contribution < 1.29 is 14.3 Å². The van der Waals surface area contributed by atoms with Gasteiger partial charge in [0.05, 0.1) is 14.2 Å². The molecule has 5 heteroatoms. The number of likely N-dealkylation sites (N-methyl/N-ethyl adjacent to an activating group) is 1. The molecule has 0 aliphatic heterocycles. The molecule has 24 heavy (non-hydrogen) atoms. The van der Waals surface area contributed by atoms with Crippen molar-refractivity contribution in [3.05, 3.63) is 53.9 Å². The first kappa shape index (κ1) is 17.8. The number of nitrogens with zero attached hydrogens (tertiary/aromatic N) is 2. The smallest absolute Gasteiger partial charge is 0.222 e. The van der Waals surface area contributed by atoms with Crippen molar-refractivity contribution in [3.63, 3.8) is 0 Å². The molecule has 2 rings (SSSR count). The fourth-order valence-electron chi connectivity index (χ4n) is 2.45. The summed E-state index contributed by atoms with van der Waals surface area (Å²) in [5, 5.41) is 0. The number of carbonyl (C=O) groups is 1. The molecule has 0 spiro atoms. The number of aromatic nitrogens is 1. The second kappa shape index (κ2) is 8.91. The van der Waals surface area contributed by atoms with Gasteiger partial charge in [-0.05, 0) is 48.2 Å². The van der Waals surface area contributed by atoms with Crippen molar-refractivity contribution in [1.29, 1.82) is 0 Å². The molecule has 0 radical (unpaired) electrons. The Bertz CT molecular complexity index is 659. The van der Waals surface area contributed by atoms with Crippen LogP contribution in [0.4, 0.5) is 0 Å². The molecule has 0 saturated heterocycles. The highest BCUT2D eigenvalue weighted by Crippen LogP contribution is 2.28. The number of amides is 1. The summed E-state index contributed by atoms with van der Waals surface area (Å²) in [5.41, 5.74) is 2.24. The molecule has 5 nitrogen and oxygen atoms in total. The standard InChI is InChI=1S/C19H24N2O3/c1-21(13-10-15-8-11-20-12-9-15)19(22)7-5-16-4-6-17(23-2)18(14-16)24-3/h4,6,8-9,11-12,14H,5,7,10,13H2,1-3H3. The maximum atomic E-state index is 12.3. The minimum absolute atomic E-state index is 0.138. The number of ether oxygens (including phenoxy) is 2. The van der Waals surface area contributed by atoms with Gasteiger partial charge in [0.1, 0.15) is 0 Å². The van der Waals surface area contributed by atoms with E-state index in [1.165, 1.54) is 5.56 Å². The highest BCUT2D eigenvalue weighted by molar-refractivity contribution is 5.76. The van der Waals surface area contributed by atoms with Gasteiger partial charge < -0.3 is 14.4 Å². The van der Waals surface area contributed by atoms with E-state index in [0.29, 0.717) is 30.9 Å². The molecule has 1 heterocycles. The zero-order valence-electron chi connectivity index (χ0n) is 14.5. The number of benzene rings is 1. The van der Waals surface area contributed by atoms with Crippen molar-refractivity contribution in [2.75, 3.05) is 27.8 Å². The monoisotopic (exact) mass is 328 g/mol. The van der Waals surface area contributed by atoms with Gasteiger partial charge in [0.2, 0.25) is 5.91 Å². The molecular formula is C19H24N2O3. The summed E-state index contributed by atoms with van der Waals surface area (Å²) in [6, 6.07) is 9.70. The van der Waals surface area contributed by atoms with E-state index in [2.05, 4.69) is 4.98 Å². The lowest BCUT2D eigenvalue weighted by Gasteiger charge is -2.17. The SMILES string of the molecule is COc1ccc(CCC(=O)N(C)CCc2ccncc2)cc1OC. The number of methoxy groups -OCH3 is 2. The van der Waals surface area contributed by atoms with Crippen LogP contribution in [-0.2, 0) is 17.6 Å². The molecule has 2 aromatic rings. The number of carbonyl (C=O) groups excluding carboxylic acids is 1. The molecule has 128 valence electrons. The third-order valence-electron chi connectivity index (χ3n) is 3.99. The number of pyridine rings is 1. The molecule has 1 aromatic heterocycles. The molecule has 1 amide bonds. The van der Waals surface area contributed by atoms with Gasteiger partial charge in [-0.3, -0.25) is 9.78 Å². The van der Waals surface area contributed by atoms with Crippen LogP contribution >= 0.6 is 0 Å². The van der Waals surface area contributed by atoms with Crippen LogP contribution in [0.3, 0.4) is 0 Å². The van der Waals surface area contributed by atoms with Gasteiger partial charge in [0.25, 0.3) is 0 Å². The molecule has 0 unspecified atom stereocenters. The Kier molecular flexibility index (Phi) is 6.61. The Labute approximate surface area is 143 Å². The molecule has 0 aliphatic carbocycles. The molecule has 0 fully saturated rings. The maximum absolute atomic E-state index is 12.3. The molecule has 1 aromatic carbocycles. The molecule has 0 saturated carbocycles. The van der Waals surface area contributed by atoms with Crippen LogP contribution in [0.1, 0.15) is 17.5 Å². The lowest BCUT2D eigenvalue weighted by molar-refractivity contribution is -0.129. The highest BCUT2D eigenvalue weighted by atomic mass is 16.5. The lowest BCUT2D eigenvalue weighted by Crippen LogP contribution is -2.29.